The van der Waals surface area contributed by atoms with Crippen molar-refractivity contribution < 1.29 is 19.1 Å². The molecule has 3 fully saturated rings. The van der Waals surface area contributed by atoms with Crippen LogP contribution in [0.5, 0.6) is 0 Å². The van der Waals surface area contributed by atoms with Crippen LogP contribution in [-0.4, -0.2) is 52.1 Å². The van der Waals surface area contributed by atoms with Gasteiger partial charge in [0.05, 0.1) is 6.04 Å². The van der Waals surface area contributed by atoms with Crippen molar-refractivity contribution in [3.05, 3.63) is 30.1 Å². The Bertz CT molecular complexity index is 839. The topological polar surface area (TPSA) is 85.2 Å². The van der Waals surface area contributed by atoms with E-state index < -0.39 is 17.4 Å². The summed E-state index contributed by atoms with van der Waals surface area (Å²) >= 11 is 0. The number of amides is 3. The summed E-state index contributed by atoms with van der Waals surface area (Å²) in [5, 5.41) is 12.4. The summed E-state index contributed by atoms with van der Waals surface area (Å²) in [7, 11) is 0. The van der Waals surface area contributed by atoms with Gasteiger partial charge >= 0.3 is 12.1 Å². The van der Waals surface area contributed by atoms with Crippen LogP contribution < -0.4 is 10.2 Å². The van der Waals surface area contributed by atoms with Crippen molar-refractivity contribution in [3.63, 3.8) is 0 Å². The van der Waals surface area contributed by atoms with Crippen LogP contribution in [0.3, 0.4) is 0 Å². The quantitative estimate of drug-likeness (QED) is 0.784. The highest BCUT2D eigenvalue weighted by Gasteiger charge is 2.55. The Morgan fingerprint density at radius 2 is 2.07 bits per heavy atom. The van der Waals surface area contributed by atoms with Crippen molar-refractivity contribution in [2.24, 2.45) is 4.99 Å². The number of likely N-dealkylation sites (tertiary alicyclic amines) is 1. The molecule has 2 N–H and O–H groups in total. The number of aliphatic imine (C=N–C) groups is 1. The second kappa shape index (κ2) is 7.65. The third-order valence-corrected chi connectivity index (χ3v) is 6.43. The third kappa shape index (κ3) is 3.56. The molecule has 156 valence electrons. The molecule has 1 aliphatic carbocycles. The Kier molecular flexibility index (Phi) is 5.19. The number of carboxylic acid groups (broad SMARTS) is 1. The second-order valence-electron chi connectivity index (χ2n) is 8.33. The molecule has 8 heteroatoms. The fourth-order valence-corrected chi connectivity index (χ4v) is 5.03. The summed E-state index contributed by atoms with van der Waals surface area (Å²) in [4.78, 5) is 32.5. The molecule has 1 spiro atoms. The first-order chi connectivity index (χ1) is 13.9. The molecule has 1 aromatic rings. The molecule has 2 heterocycles. The number of halogens is 1. The van der Waals surface area contributed by atoms with E-state index in [9.17, 15) is 19.1 Å². The van der Waals surface area contributed by atoms with Crippen LogP contribution >= 0.6 is 0 Å². The number of carbonyl (C=O) groups is 2. The molecule has 2 atom stereocenters. The highest BCUT2D eigenvalue weighted by Crippen LogP contribution is 2.40. The van der Waals surface area contributed by atoms with Gasteiger partial charge in [-0.2, -0.15) is 0 Å². The van der Waals surface area contributed by atoms with Crippen LogP contribution in [0, 0.1) is 5.82 Å². The van der Waals surface area contributed by atoms with Gasteiger partial charge in [0.1, 0.15) is 17.2 Å². The van der Waals surface area contributed by atoms with Crippen LogP contribution in [0.4, 0.5) is 19.7 Å². The number of hydrogen-bond acceptors (Lipinski definition) is 3. The minimum atomic E-state index is -0.965. The smallest absolute Gasteiger partial charge is 0.407 e. The molecule has 0 aromatic heterocycles. The summed E-state index contributed by atoms with van der Waals surface area (Å²) in [5.41, 5.74) is -0.319. The number of urea groups is 1. The fraction of sp³-hybridized carbons (Fsp3) is 0.571. The van der Waals surface area contributed by atoms with Gasteiger partial charge in [0.25, 0.3) is 0 Å². The summed E-state index contributed by atoms with van der Waals surface area (Å²) < 4.78 is 13.9. The van der Waals surface area contributed by atoms with Gasteiger partial charge in [-0.1, -0.05) is 25.3 Å². The maximum absolute atomic E-state index is 13.9. The lowest BCUT2D eigenvalue weighted by atomic mass is 9.81. The standard InChI is InChI=1S/C21H27FN4O3/c1-14-13-21(10-11-25(14)20(28)29)18(23-16-7-3-2-4-8-16)24-19(27)26(21)17-9-5-6-15(22)12-17/h5-6,9,12,14,16H,2-4,7-8,10-11,13H2,1H3,(H,28,29)(H,23,24,27)/t14-,21+/m0/s1. The molecule has 29 heavy (non-hydrogen) atoms. The number of nitrogens with zero attached hydrogens (tertiary/aromatic N) is 3. The Balaban J connectivity index is 1.75. The number of amidine groups is 1. The van der Waals surface area contributed by atoms with E-state index in [-0.39, 0.29) is 18.1 Å². The Hall–Kier alpha value is -2.64. The van der Waals surface area contributed by atoms with Gasteiger partial charge in [0.2, 0.25) is 0 Å². The molecular weight excluding hydrogens is 375 g/mol. The summed E-state index contributed by atoms with van der Waals surface area (Å²) in [6.07, 6.45) is 5.31. The molecule has 0 unspecified atom stereocenters. The minimum absolute atomic E-state index is 0.163. The van der Waals surface area contributed by atoms with Crippen molar-refractivity contribution in [2.45, 2.75) is 69.5 Å². The van der Waals surface area contributed by atoms with E-state index in [1.807, 2.05) is 6.92 Å². The van der Waals surface area contributed by atoms with E-state index in [1.165, 1.54) is 23.5 Å². The number of benzene rings is 1. The zero-order valence-corrected chi connectivity index (χ0v) is 16.6. The van der Waals surface area contributed by atoms with Crippen molar-refractivity contribution in [1.29, 1.82) is 0 Å². The fourth-order valence-electron chi connectivity index (χ4n) is 5.03. The molecule has 3 amide bonds. The average Bonchev–Trinajstić information content (AvgIpc) is 2.93. The molecule has 0 bridgehead atoms. The first kappa shape index (κ1) is 19.7. The van der Waals surface area contributed by atoms with E-state index in [0.29, 0.717) is 30.9 Å². The van der Waals surface area contributed by atoms with E-state index in [4.69, 9.17) is 4.99 Å². The Labute approximate surface area is 169 Å². The van der Waals surface area contributed by atoms with Crippen LogP contribution in [0.15, 0.2) is 29.3 Å². The highest BCUT2D eigenvalue weighted by atomic mass is 19.1. The van der Waals surface area contributed by atoms with Crippen LogP contribution in [-0.2, 0) is 0 Å². The molecule has 1 saturated carbocycles. The van der Waals surface area contributed by atoms with Gasteiger partial charge in [-0.15, -0.1) is 0 Å². The largest absolute Gasteiger partial charge is 0.465 e. The van der Waals surface area contributed by atoms with E-state index in [0.717, 1.165) is 25.7 Å². The predicted molar refractivity (Wildman–Crippen MR) is 108 cm³/mol. The molecule has 3 aliphatic rings. The van der Waals surface area contributed by atoms with Crippen molar-refractivity contribution >= 4 is 23.6 Å². The number of carbonyl (C=O) groups excluding carboxylic acids is 1. The number of hydrogen-bond donors (Lipinski definition) is 2. The number of anilines is 1. The van der Waals surface area contributed by atoms with Crippen LogP contribution in [0.1, 0.15) is 51.9 Å². The molecule has 2 saturated heterocycles. The van der Waals surface area contributed by atoms with Gasteiger partial charge in [-0.3, -0.25) is 15.2 Å². The first-order valence-corrected chi connectivity index (χ1v) is 10.4. The van der Waals surface area contributed by atoms with Gasteiger partial charge in [0.15, 0.2) is 0 Å². The monoisotopic (exact) mass is 402 g/mol. The summed E-state index contributed by atoms with van der Waals surface area (Å²) in [5.74, 6) is 0.190. The SMILES string of the molecule is C[C@H]1C[C@]2(CCN1C(=O)O)C(=NC1CCCCC1)NC(=O)N2c1cccc(F)c1. The molecular formula is C21H27FN4O3. The number of piperidine rings is 1. The Morgan fingerprint density at radius 1 is 1.31 bits per heavy atom. The molecule has 2 aliphatic heterocycles. The van der Waals surface area contributed by atoms with Crippen LogP contribution in [0.2, 0.25) is 0 Å². The molecule has 4 rings (SSSR count). The minimum Gasteiger partial charge on any atom is -0.465 e. The average molecular weight is 402 g/mol. The van der Waals surface area contributed by atoms with Crippen molar-refractivity contribution in [3.8, 4) is 0 Å². The Morgan fingerprint density at radius 3 is 2.72 bits per heavy atom. The lowest BCUT2D eigenvalue weighted by molar-refractivity contribution is 0.100. The zero-order chi connectivity index (χ0) is 20.6. The first-order valence-electron chi connectivity index (χ1n) is 10.4. The van der Waals surface area contributed by atoms with E-state index >= 15 is 0 Å². The van der Waals surface area contributed by atoms with E-state index in [1.54, 1.807) is 17.0 Å². The lowest BCUT2D eigenvalue weighted by Crippen LogP contribution is -2.60. The second-order valence-corrected chi connectivity index (χ2v) is 8.33. The van der Waals surface area contributed by atoms with Gasteiger partial charge in [-0.25, -0.2) is 14.0 Å². The maximum atomic E-state index is 13.9. The molecule has 7 nitrogen and oxygen atoms in total. The maximum Gasteiger partial charge on any atom is 0.407 e. The highest BCUT2D eigenvalue weighted by molar-refractivity contribution is 6.19. The number of nitrogens with one attached hydrogen (secondary N) is 1. The number of rotatable bonds is 2. The third-order valence-electron chi connectivity index (χ3n) is 6.43. The zero-order valence-electron chi connectivity index (χ0n) is 16.6. The predicted octanol–water partition coefficient (Wildman–Crippen LogP) is 3.99. The summed E-state index contributed by atoms with van der Waals surface area (Å²) in [6, 6.07) is 5.52. The normalized spacial score (nSPS) is 29.5. The van der Waals surface area contributed by atoms with Gasteiger partial charge in [-0.05, 0) is 50.8 Å². The lowest BCUT2D eigenvalue weighted by Gasteiger charge is -2.46. The van der Waals surface area contributed by atoms with E-state index in [2.05, 4.69) is 5.32 Å². The van der Waals surface area contributed by atoms with Gasteiger partial charge < -0.3 is 10.0 Å². The molecule has 1 aromatic carbocycles. The van der Waals surface area contributed by atoms with Crippen LogP contribution in [0.25, 0.3) is 0 Å². The van der Waals surface area contributed by atoms with Crippen molar-refractivity contribution in [1.82, 2.24) is 10.2 Å². The summed E-state index contributed by atoms with van der Waals surface area (Å²) in [6.45, 7) is 2.14. The molecule has 0 radical (unpaired) electrons. The van der Waals surface area contributed by atoms with Crippen molar-refractivity contribution in [2.75, 3.05) is 11.4 Å². The van der Waals surface area contributed by atoms with Gasteiger partial charge in [0, 0.05) is 18.3 Å².